The molecule has 0 bridgehead atoms. The fourth-order valence-corrected chi connectivity index (χ4v) is 1.62. The van der Waals surface area contributed by atoms with Gasteiger partial charge in [-0.2, -0.15) is 0 Å². The highest BCUT2D eigenvalue weighted by Crippen LogP contribution is 2.27. The van der Waals surface area contributed by atoms with Crippen LogP contribution in [0.25, 0.3) is 0 Å². The monoisotopic (exact) mass is 309 g/mol. The fraction of sp³-hybridized carbons (Fsp3) is 0.462. The summed E-state index contributed by atoms with van der Waals surface area (Å²) in [4.78, 5) is 11.8. The van der Waals surface area contributed by atoms with Crippen LogP contribution in [0.3, 0.4) is 0 Å². The minimum atomic E-state index is -4.74. The molecule has 0 spiro atoms. The third kappa shape index (κ3) is 5.69. The molecular formula is C13H15ClF3NO2. The number of rotatable bonds is 3. The van der Waals surface area contributed by atoms with Gasteiger partial charge >= 0.3 is 6.36 Å². The molecular weight excluding hydrogens is 295 g/mol. The van der Waals surface area contributed by atoms with Crippen molar-refractivity contribution in [3.05, 3.63) is 29.8 Å². The standard InChI is InChI=1S/C13H15ClF3NO2/c1-12(2,3)18-11(19)10(14)8-4-6-9(7-5-8)20-13(15,16)17/h4-7,10H,1-3H3,(H,18,19). The maximum absolute atomic E-state index is 12.0. The van der Waals surface area contributed by atoms with Crippen LogP contribution in [0.5, 0.6) is 5.75 Å². The van der Waals surface area contributed by atoms with E-state index in [1.54, 1.807) is 20.8 Å². The zero-order valence-electron chi connectivity index (χ0n) is 11.2. The average molecular weight is 310 g/mol. The molecule has 1 N–H and O–H groups in total. The third-order valence-corrected chi connectivity index (χ3v) is 2.58. The number of hydrogen-bond acceptors (Lipinski definition) is 2. The van der Waals surface area contributed by atoms with Gasteiger partial charge in [0.05, 0.1) is 0 Å². The third-order valence-electron chi connectivity index (χ3n) is 2.13. The molecule has 0 heterocycles. The molecule has 0 aromatic heterocycles. The van der Waals surface area contributed by atoms with Gasteiger partial charge in [0, 0.05) is 5.54 Å². The van der Waals surface area contributed by atoms with E-state index in [0.717, 1.165) is 12.1 Å². The second-order valence-electron chi connectivity index (χ2n) is 5.22. The van der Waals surface area contributed by atoms with Gasteiger partial charge < -0.3 is 10.1 Å². The van der Waals surface area contributed by atoms with Crippen LogP contribution in [-0.4, -0.2) is 17.8 Å². The molecule has 3 nitrogen and oxygen atoms in total. The van der Waals surface area contributed by atoms with E-state index in [1.165, 1.54) is 12.1 Å². The summed E-state index contributed by atoms with van der Waals surface area (Å²) in [5.41, 5.74) is -0.0493. The van der Waals surface area contributed by atoms with Crippen LogP contribution >= 0.6 is 11.6 Å². The number of benzene rings is 1. The molecule has 0 aliphatic heterocycles. The van der Waals surface area contributed by atoms with Gasteiger partial charge in [0.15, 0.2) is 0 Å². The van der Waals surface area contributed by atoms with Crippen molar-refractivity contribution in [3.63, 3.8) is 0 Å². The average Bonchev–Trinajstić information content (AvgIpc) is 2.24. The molecule has 0 radical (unpaired) electrons. The van der Waals surface area contributed by atoms with E-state index in [9.17, 15) is 18.0 Å². The van der Waals surface area contributed by atoms with Crippen molar-refractivity contribution in [1.82, 2.24) is 5.32 Å². The summed E-state index contributed by atoms with van der Waals surface area (Å²) in [5, 5.41) is 1.71. The summed E-state index contributed by atoms with van der Waals surface area (Å²) in [6.07, 6.45) is -4.74. The van der Waals surface area contributed by atoms with Gasteiger partial charge in [-0.05, 0) is 38.5 Å². The first kappa shape index (κ1) is 16.6. The maximum Gasteiger partial charge on any atom is 0.573 e. The van der Waals surface area contributed by atoms with E-state index in [2.05, 4.69) is 10.1 Å². The molecule has 20 heavy (non-hydrogen) atoms. The number of carbonyl (C=O) groups is 1. The number of amides is 1. The molecule has 0 saturated carbocycles. The SMILES string of the molecule is CC(C)(C)NC(=O)C(Cl)c1ccc(OC(F)(F)F)cc1. The first-order chi connectivity index (χ1) is 8.98. The van der Waals surface area contributed by atoms with E-state index in [0.29, 0.717) is 5.56 Å². The number of ether oxygens (including phenoxy) is 1. The first-order valence-electron chi connectivity index (χ1n) is 5.80. The molecule has 0 fully saturated rings. The predicted octanol–water partition coefficient (Wildman–Crippen LogP) is 3.78. The van der Waals surface area contributed by atoms with Gasteiger partial charge in [-0.1, -0.05) is 12.1 Å². The summed E-state index contributed by atoms with van der Waals surface area (Å²) < 4.78 is 39.7. The molecule has 0 aliphatic rings. The van der Waals surface area contributed by atoms with Crippen molar-refractivity contribution in [2.75, 3.05) is 0 Å². The molecule has 7 heteroatoms. The molecule has 1 atom stereocenters. The Morgan fingerprint density at radius 3 is 2.10 bits per heavy atom. The largest absolute Gasteiger partial charge is 0.573 e. The van der Waals surface area contributed by atoms with E-state index in [1.807, 2.05) is 0 Å². The highest BCUT2D eigenvalue weighted by atomic mass is 35.5. The van der Waals surface area contributed by atoms with Crippen molar-refractivity contribution >= 4 is 17.5 Å². The van der Waals surface area contributed by atoms with Gasteiger partial charge in [0.2, 0.25) is 5.91 Å². The smallest absolute Gasteiger partial charge is 0.406 e. The Morgan fingerprint density at radius 1 is 1.20 bits per heavy atom. The highest BCUT2D eigenvalue weighted by molar-refractivity contribution is 6.30. The lowest BCUT2D eigenvalue weighted by molar-refractivity contribution is -0.274. The van der Waals surface area contributed by atoms with Gasteiger partial charge in [-0.25, -0.2) is 0 Å². The summed E-state index contributed by atoms with van der Waals surface area (Å²) in [6, 6.07) is 4.87. The molecule has 1 aromatic carbocycles. The van der Waals surface area contributed by atoms with Crippen molar-refractivity contribution in [2.24, 2.45) is 0 Å². The predicted molar refractivity (Wildman–Crippen MR) is 69.6 cm³/mol. The second-order valence-corrected chi connectivity index (χ2v) is 5.66. The van der Waals surface area contributed by atoms with Crippen molar-refractivity contribution in [3.8, 4) is 5.75 Å². The zero-order chi connectivity index (χ0) is 15.6. The Balaban J connectivity index is 2.75. The zero-order valence-corrected chi connectivity index (χ0v) is 12.0. The number of hydrogen-bond donors (Lipinski definition) is 1. The van der Waals surface area contributed by atoms with E-state index >= 15 is 0 Å². The Bertz CT molecular complexity index is 466. The molecule has 0 aliphatic carbocycles. The van der Waals surface area contributed by atoms with E-state index in [4.69, 9.17) is 11.6 Å². The molecule has 1 unspecified atom stereocenters. The Kier molecular flexibility index (Phi) is 4.91. The summed E-state index contributed by atoms with van der Waals surface area (Å²) in [5.74, 6) is -0.773. The number of carbonyl (C=O) groups excluding carboxylic acids is 1. The molecule has 1 rings (SSSR count). The molecule has 0 saturated heterocycles. The second kappa shape index (κ2) is 5.91. The topological polar surface area (TPSA) is 38.3 Å². The van der Waals surface area contributed by atoms with Crippen LogP contribution in [0, 0.1) is 0 Å². The van der Waals surface area contributed by atoms with Crippen molar-refractivity contribution < 1.29 is 22.7 Å². The van der Waals surface area contributed by atoms with Crippen LogP contribution in [0.4, 0.5) is 13.2 Å². The van der Waals surface area contributed by atoms with Crippen LogP contribution in [-0.2, 0) is 4.79 Å². The number of halogens is 4. The van der Waals surface area contributed by atoms with Gasteiger partial charge in [-0.15, -0.1) is 24.8 Å². The summed E-state index contributed by atoms with van der Waals surface area (Å²) >= 11 is 5.97. The van der Waals surface area contributed by atoms with Crippen molar-refractivity contribution in [1.29, 1.82) is 0 Å². The maximum atomic E-state index is 12.0. The summed E-state index contributed by atoms with van der Waals surface area (Å²) in [6.45, 7) is 5.40. The molecule has 1 aromatic rings. The summed E-state index contributed by atoms with van der Waals surface area (Å²) in [7, 11) is 0. The number of alkyl halides is 4. The van der Waals surface area contributed by atoms with E-state index in [-0.39, 0.29) is 5.75 Å². The van der Waals surface area contributed by atoms with Gasteiger partial charge in [0.1, 0.15) is 11.1 Å². The Morgan fingerprint density at radius 2 is 1.70 bits per heavy atom. The molecule has 112 valence electrons. The van der Waals surface area contributed by atoms with E-state index < -0.39 is 23.2 Å². The van der Waals surface area contributed by atoms with Crippen molar-refractivity contribution in [2.45, 2.75) is 38.0 Å². The highest BCUT2D eigenvalue weighted by Gasteiger charge is 2.31. The lowest BCUT2D eigenvalue weighted by atomic mass is 10.1. The van der Waals surface area contributed by atoms with Gasteiger partial charge in [-0.3, -0.25) is 4.79 Å². The first-order valence-corrected chi connectivity index (χ1v) is 6.23. The normalized spacial score (nSPS) is 13.8. The van der Waals surface area contributed by atoms with Crippen LogP contribution in [0.1, 0.15) is 31.7 Å². The van der Waals surface area contributed by atoms with Crippen LogP contribution < -0.4 is 10.1 Å². The minimum Gasteiger partial charge on any atom is -0.406 e. The lowest BCUT2D eigenvalue weighted by Gasteiger charge is -2.22. The molecule has 1 amide bonds. The van der Waals surface area contributed by atoms with Crippen LogP contribution in [0.15, 0.2) is 24.3 Å². The van der Waals surface area contributed by atoms with Gasteiger partial charge in [0.25, 0.3) is 0 Å². The Labute approximate surface area is 120 Å². The minimum absolute atomic E-state index is 0.360. The quantitative estimate of drug-likeness (QED) is 0.863. The number of nitrogens with one attached hydrogen (secondary N) is 1. The fourth-order valence-electron chi connectivity index (χ4n) is 1.42. The lowest BCUT2D eigenvalue weighted by Crippen LogP contribution is -2.42. The Hall–Kier alpha value is -1.43. The van der Waals surface area contributed by atoms with Crippen LogP contribution in [0.2, 0.25) is 0 Å².